The third-order valence-electron chi connectivity index (χ3n) is 3.81. The Morgan fingerprint density at radius 1 is 1.17 bits per heavy atom. The number of hydrogen-bond acceptors (Lipinski definition) is 3. The maximum absolute atomic E-state index is 12.4. The number of hydrogen-bond donors (Lipinski definition) is 1. The fourth-order valence-corrected chi connectivity index (χ4v) is 3.82. The van der Waals surface area contributed by atoms with E-state index in [1.54, 1.807) is 11.3 Å². The zero-order chi connectivity index (χ0) is 16.8. The minimum atomic E-state index is 0.0365. The summed E-state index contributed by atoms with van der Waals surface area (Å²) in [5, 5.41) is 5.17. The van der Waals surface area contributed by atoms with Crippen molar-refractivity contribution in [3.63, 3.8) is 0 Å². The fraction of sp³-hybridized carbons (Fsp3) is 0.389. The van der Waals surface area contributed by atoms with E-state index in [1.165, 1.54) is 16.7 Å². The first kappa shape index (κ1) is 18.2. The molecule has 0 saturated heterocycles. The van der Waals surface area contributed by atoms with Crippen molar-refractivity contribution in [3.05, 3.63) is 50.1 Å². The van der Waals surface area contributed by atoms with Crippen molar-refractivity contribution in [1.82, 2.24) is 4.90 Å². The van der Waals surface area contributed by atoms with Gasteiger partial charge in [0.2, 0.25) is 5.91 Å². The Morgan fingerprint density at radius 3 is 2.35 bits per heavy atom. The summed E-state index contributed by atoms with van der Waals surface area (Å²) in [4.78, 5) is 14.4. The molecule has 2 rings (SSSR count). The van der Waals surface area contributed by atoms with Gasteiger partial charge in [-0.05, 0) is 64.0 Å². The van der Waals surface area contributed by atoms with Crippen LogP contribution in [0.4, 0.5) is 5.69 Å². The molecule has 1 amide bonds. The lowest BCUT2D eigenvalue weighted by Gasteiger charge is -2.18. The number of likely N-dealkylation sites (N-methyl/N-ethyl adjacent to an activating group) is 1. The van der Waals surface area contributed by atoms with Crippen LogP contribution in [0.5, 0.6) is 0 Å². The minimum absolute atomic E-state index is 0.0365. The third-order valence-corrected chi connectivity index (χ3v) is 5.62. The number of amides is 1. The highest BCUT2D eigenvalue weighted by molar-refractivity contribution is 9.11. The van der Waals surface area contributed by atoms with E-state index >= 15 is 0 Å². The van der Waals surface area contributed by atoms with Crippen LogP contribution in [0.2, 0.25) is 0 Å². The van der Waals surface area contributed by atoms with Crippen LogP contribution >= 0.6 is 27.3 Å². The van der Waals surface area contributed by atoms with Crippen LogP contribution in [0.15, 0.2) is 33.4 Å². The molecular formula is C18H23BrN2OS. The second-order valence-electron chi connectivity index (χ2n) is 5.60. The SMILES string of the molecule is CCc1cccc(CC)c1NC(=O)CN(C)Cc1ccsc1Br. The summed E-state index contributed by atoms with van der Waals surface area (Å²) in [6, 6.07) is 8.32. The fourth-order valence-electron chi connectivity index (χ4n) is 2.61. The van der Waals surface area contributed by atoms with E-state index in [-0.39, 0.29) is 5.91 Å². The number of halogens is 1. The molecular weight excluding hydrogens is 372 g/mol. The highest BCUT2D eigenvalue weighted by Crippen LogP contribution is 2.25. The molecule has 0 bridgehead atoms. The molecule has 1 aromatic heterocycles. The zero-order valence-electron chi connectivity index (χ0n) is 13.9. The molecule has 1 N–H and O–H groups in total. The van der Waals surface area contributed by atoms with Crippen LogP contribution < -0.4 is 5.32 Å². The molecule has 1 heterocycles. The molecule has 124 valence electrons. The maximum atomic E-state index is 12.4. The van der Waals surface area contributed by atoms with Gasteiger partial charge in [-0.15, -0.1) is 11.3 Å². The lowest BCUT2D eigenvalue weighted by Crippen LogP contribution is -2.30. The summed E-state index contributed by atoms with van der Waals surface area (Å²) in [7, 11) is 1.97. The first-order valence-electron chi connectivity index (χ1n) is 7.86. The number of para-hydroxylation sites is 1. The first-order chi connectivity index (χ1) is 11.0. The van der Waals surface area contributed by atoms with E-state index in [1.807, 2.05) is 11.9 Å². The summed E-state index contributed by atoms with van der Waals surface area (Å²) in [6.45, 7) is 5.37. The molecule has 0 atom stereocenters. The molecule has 23 heavy (non-hydrogen) atoms. The Kier molecular flexibility index (Phi) is 6.81. The van der Waals surface area contributed by atoms with Crippen LogP contribution in [-0.2, 0) is 24.2 Å². The van der Waals surface area contributed by atoms with Gasteiger partial charge in [-0.1, -0.05) is 32.0 Å². The van der Waals surface area contributed by atoms with Crippen LogP contribution in [-0.4, -0.2) is 24.4 Å². The number of carbonyl (C=O) groups excluding carboxylic acids is 1. The Bertz CT molecular complexity index is 647. The molecule has 0 saturated carbocycles. The first-order valence-corrected chi connectivity index (χ1v) is 9.53. The Morgan fingerprint density at radius 2 is 1.83 bits per heavy atom. The van der Waals surface area contributed by atoms with Crippen molar-refractivity contribution in [2.24, 2.45) is 0 Å². The van der Waals surface area contributed by atoms with Gasteiger partial charge in [0.1, 0.15) is 0 Å². The van der Waals surface area contributed by atoms with E-state index in [0.29, 0.717) is 6.54 Å². The molecule has 0 aliphatic carbocycles. The smallest absolute Gasteiger partial charge is 0.238 e. The topological polar surface area (TPSA) is 32.3 Å². The molecule has 0 aliphatic rings. The summed E-state index contributed by atoms with van der Waals surface area (Å²) >= 11 is 5.21. The highest BCUT2D eigenvalue weighted by Gasteiger charge is 2.13. The quantitative estimate of drug-likeness (QED) is 0.737. The van der Waals surface area contributed by atoms with E-state index < -0.39 is 0 Å². The molecule has 0 spiro atoms. The standard InChI is InChI=1S/C18H23BrN2OS/c1-4-13-7-6-8-14(5-2)17(13)20-16(22)12-21(3)11-15-9-10-23-18(15)19/h6-10H,4-5,11-12H2,1-3H3,(H,20,22). The van der Waals surface area contributed by atoms with Crippen LogP contribution in [0.3, 0.4) is 0 Å². The van der Waals surface area contributed by atoms with Crippen molar-refractivity contribution in [2.75, 3.05) is 18.9 Å². The van der Waals surface area contributed by atoms with Gasteiger partial charge in [0.25, 0.3) is 0 Å². The van der Waals surface area contributed by atoms with Crippen molar-refractivity contribution in [1.29, 1.82) is 0 Å². The normalized spacial score (nSPS) is 11.0. The van der Waals surface area contributed by atoms with Crippen molar-refractivity contribution < 1.29 is 4.79 Å². The Hall–Kier alpha value is -1.17. The van der Waals surface area contributed by atoms with E-state index in [4.69, 9.17) is 0 Å². The van der Waals surface area contributed by atoms with Gasteiger partial charge in [0.05, 0.1) is 10.3 Å². The molecule has 0 unspecified atom stereocenters. The van der Waals surface area contributed by atoms with Crippen molar-refractivity contribution >= 4 is 38.9 Å². The molecule has 3 nitrogen and oxygen atoms in total. The van der Waals surface area contributed by atoms with Gasteiger partial charge in [-0.2, -0.15) is 0 Å². The van der Waals surface area contributed by atoms with E-state index in [2.05, 4.69) is 64.7 Å². The number of nitrogens with one attached hydrogen (secondary N) is 1. The molecule has 2 aromatic rings. The maximum Gasteiger partial charge on any atom is 0.238 e. The van der Waals surface area contributed by atoms with Gasteiger partial charge >= 0.3 is 0 Å². The number of carbonyl (C=O) groups is 1. The zero-order valence-corrected chi connectivity index (χ0v) is 16.3. The number of benzene rings is 1. The highest BCUT2D eigenvalue weighted by atomic mass is 79.9. The van der Waals surface area contributed by atoms with E-state index in [9.17, 15) is 4.79 Å². The van der Waals surface area contributed by atoms with Crippen LogP contribution in [0.1, 0.15) is 30.5 Å². The van der Waals surface area contributed by atoms with Crippen molar-refractivity contribution in [3.8, 4) is 0 Å². The average molecular weight is 395 g/mol. The molecule has 0 fully saturated rings. The lowest BCUT2D eigenvalue weighted by molar-refractivity contribution is -0.117. The largest absolute Gasteiger partial charge is 0.324 e. The summed E-state index contributed by atoms with van der Waals surface area (Å²) in [5.41, 5.74) is 4.60. The van der Waals surface area contributed by atoms with Crippen LogP contribution in [0.25, 0.3) is 0 Å². The average Bonchev–Trinajstić information content (AvgIpc) is 2.92. The monoisotopic (exact) mass is 394 g/mol. The van der Waals surface area contributed by atoms with Gasteiger partial charge in [0, 0.05) is 12.2 Å². The summed E-state index contributed by atoms with van der Waals surface area (Å²) < 4.78 is 1.13. The predicted molar refractivity (Wildman–Crippen MR) is 102 cm³/mol. The number of aryl methyl sites for hydroxylation is 2. The molecule has 0 aliphatic heterocycles. The van der Waals surface area contributed by atoms with Gasteiger partial charge in [-0.3, -0.25) is 9.69 Å². The summed E-state index contributed by atoms with van der Waals surface area (Å²) in [5.74, 6) is 0.0365. The van der Waals surface area contributed by atoms with E-state index in [0.717, 1.165) is 28.9 Å². The summed E-state index contributed by atoms with van der Waals surface area (Å²) in [6.07, 6.45) is 1.84. The predicted octanol–water partition coefficient (Wildman–Crippen LogP) is 4.71. The second-order valence-corrected chi connectivity index (χ2v) is 7.83. The molecule has 1 aromatic carbocycles. The Labute approximate surface area is 150 Å². The van der Waals surface area contributed by atoms with Crippen molar-refractivity contribution in [2.45, 2.75) is 33.2 Å². The number of rotatable bonds is 7. The molecule has 5 heteroatoms. The Balaban J connectivity index is 2.01. The third kappa shape index (κ3) is 4.90. The number of nitrogens with zero attached hydrogens (tertiary/aromatic N) is 1. The molecule has 0 radical (unpaired) electrons. The lowest BCUT2D eigenvalue weighted by atomic mass is 10.0. The van der Waals surface area contributed by atoms with Gasteiger partial charge < -0.3 is 5.32 Å². The number of anilines is 1. The van der Waals surface area contributed by atoms with Gasteiger partial charge in [0.15, 0.2) is 0 Å². The minimum Gasteiger partial charge on any atom is -0.324 e. The second kappa shape index (κ2) is 8.62. The van der Waals surface area contributed by atoms with Crippen LogP contribution in [0, 0.1) is 0 Å². The van der Waals surface area contributed by atoms with Gasteiger partial charge in [-0.25, -0.2) is 0 Å². The number of thiophene rings is 1.